The van der Waals surface area contributed by atoms with Crippen molar-refractivity contribution in [3.05, 3.63) is 113 Å². The van der Waals surface area contributed by atoms with Crippen LogP contribution < -0.4 is 5.56 Å². The highest BCUT2D eigenvalue weighted by Crippen LogP contribution is 2.26. The zero-order valence-corrected chi connectivity index (χ0v) is 22.0. The lowest BCUT2D eigenvalue weighted by molar-refractivity contribution is 0.601. The van der Waals surface area contributed by atoms with Crippen LogP contribution in [0.4, 0.5) is 0 Å². The van der Waals surface area contributed by atoms with E-state index in [1.807, 2.05) is 24.3 Å². The standard InChI is InChI=1S/C28H19ClN6O3S/c1-39(37,38)23-5-2-4-22(16-23)34-17-24-26(33-34)32-27(35(28(24)36)21-12-10-20(29)11-13-21)19-8-6-18(7-9-19)25-30-14-3-15-31-25/h2-17H,1H3. The minimum Gasteiger partial charge on any atom is -0.268 e. The minimum atomic E-state index is -3.43. The molecule has 11 heteroatoms. The van der Waals surface area contributed by atoms with Gasteiger partial charge < -0.3 is 0 Å². The summed E-state index contributed by atoms with van der Waals surface area (Å²) in [4.78, 5) is 27.4. The number of hydrogen-bond donors (Lipinski definition) is 0. The molecule has 0 atom stereocenters. The Morgan fingerprint density at radius 3 is 2.21 bits per heavy atom. The first-order chi connectivity index (χ1) is 18.8. The van der Waals surface area contributed by atoms with Crippen LogP contribution in [0, 0.1) is 0 Å². The van der Waals surface area contributed by atoms with Crippen LogP contribution in [0.2, 0.25) is 5.02 Å². The van der Waals surface area contributed by atoms with Crippen molar-refractivity contribution in [2.45, 2.75) is 4.90 Å². The summed E-state index contributed by atoms with van der Waals surface area (Å²) in [6.45, 7) is 0. The van der Waals surface area contributed by atoms with Gasteiger partial charge in [0.2, 0.25) is 0 Å². The van der Waals surface area contributed by atoms with Crippen molar-refractivity contribution in [3.63, 3.8) is 0 Å². The molecule has 0 fully saturated rings. The predicted octanol–water partition coefficient (Wildman–Crippen LogP) is 4.75. The smallest absolute Gasteiger partial charge is 0.268 e. The molecule has 0 unspecified atom stereocenters. The summed E-state index contributed by atoms with van der Waals surface area (Å²) in [6.07, 6.45) is 6.04. The van der Waals surface area contributed by atoms with Gasteiger partial charge >= 0.3 is 0 Å². The second kappa shape index (κ2) is 9.57. The molecular weight excluding hydrogens is 536 g/mol. The van der Waals surface area contributed by atoms with Gasteiger partial charge in [-0.1, -0.05) is 41.9 Å². The van der Waals surface area contributed by atoms with Crippen LogP contribution in [0.15, 0.2) is 107 Å². The molecule has 6 aromatic rings. The third-order valence-electron chi connectivity index (χ3n) is 6.11. The Balaban J connectivity index is 1.55. The molecule has 0 amide bonds. The van der Waals surface area contributed by atoms with Gasteiger partial charge in [0, 0.05) is 41.0 Å². The highest BCUT2D eigenvalue weighted by atomic mass is 35.5. The minimum absolute atomic E-state index is 0.147. The molecule has 0 spiro atoms. The topological polar surface area (TPSA) is 113 Å². The van der Waals surface area contributed by atoms with Crippen molar-refractivity contribution >= 4 is 32.5 Å². The number of rotatable bonds is 5. The summed E-state index contributed by atoms with van der Waals surface area (Å²) in [6, 6.07) is 22.4. The maximum Gasteiger partial charge on any atom is 0.269 e. The predicted molar refractivity (Wildman–Crippen MR) is 149 cm³/mol. The largest absolute Gasteiger partial charge is 0.269 e. The van der Waals surface area contributed by atoms with E-state index < -0.39 is 9.84 Å². The number of halogens is 1. The van der Waals surface area contributed by atoms with E-state index in [2.05, 4.69) is 15.1 Å². The average Bonchev–Trinajstić information content (AvgIpc) is 3.39. The monoisotopic (exact) mass is 554 g/mol. The number of nitrogens with zero attached hydrogens (tertiary/aromatic N) is 6. The van der Waals surface area contributed by atoms with E-state index in [0.717, 1.165) is 11.8 Å². The molecule has 3 aromatic carbocycles. The van der Waals surface area contributed by atoms with Gasteiger partial charge in [0.25, 0.3) is 5.56 Å². The summed E-state index contributed by atoms with van der Waals surface area (Å²) < 4.78 is 27.1. The first-order valence-corrected chi connectivity index (χ1v) is 14.0. The number of hydrogen-bond acceptors (Lipinski definition) is 7. The Bertz CT molecular complexity index is 2000. The van der Waals surface area contributed by atoms with Crippen LogP contribution in [0.5, 0.6) is 0 Å². The Morgan fingerprint density at radius 2 is 1.51 bits per heavy atom. The third-order valence-corrected chi connectivity index (χ3v) is 7.48. The van der Waals surface area contributed by atoms with Crippen LogP contribution in [-0.4, -0.2) is 44.0 Å². The van der Waals surface area contributed by atoms with Gasteiger partial charge in [-0.2, -0.15) is 0 Å². The number of sulfone groups is 1. The second-order valence-corrected chi connectivity index (χ2v) is 11.2. The molecule has 9 nitrogen and oxygen atoms in total. The maximum absolute atomic E-state index is 13.9. The molecule has 6 rings (SSSR count). The zero-order valence-electron chi connectivity index (χ0n) is 20.4. The molecule has 0 bridgehead atoms. The van der Waals surface area contributed by atoms with Crippen molar-refractivity contribution in [2.75, 3.05) is 6.26 Å². The van der Waals surface area contributed by atoms with Crippen molar-refractivity contribution in [2.24, 2.45) is 0 Å². The molecule has 39 heavy (non-hydrogen) atoms. The lowest BCUT2D eigenvalue weighted by Crippen LogP contribution is -2.21. The summed E-state index contributed by atoms with van der Waals surface area (Å²) in [5.41, 5.74) is 2.45. The SMILES string of the molecule is CS(=O)(=O)c1cccc(-n2cc3c(=O)n(-c4ccc(Cl)cc4)c(-c4ccc(-c5ncccn5)cc4)nc3n2)c1. The van der Waals surface area contributed by atoms with Gasteiger partial charge in [-0.3, -0.25) is 9.36 Å². The molecule has 0 aliphatic heterocycles. The lowest BCUT2D eigenvalue weighted by atomic mass is 10.1. The molecule has 3 aromatic heterocycles. The Labute approximate surface area is 227 Å². The lowest BCUT2D eigenvalue weighted by Gasteiger charge is -2.13. The number of fused-ring (bicyclic) bond motifs is 1. The molecule has 0 N–H and O–H groups in total. The van der Waals surface area contributed by atoms with Gasteiger partial charge in [-0.15, -0.1) is 5.10 Å². The fraction of sp³-hybridized carbons (Fsp3) is 0.0357. The second-order valence-electron chi connectivity index (χ2n) is 8.78. The van der Waals surface area contributed by atoms with E-state index in [0.29, 0.717) is 33.6 Å². The highest BCUT2D eigenvalue weighted by Gasteiger charge is 2.18. The van der Waals surface area contributed by atoms with Gasteiger partial charge in [0.05, 0.1) is 16.3 Å². The van der Waals surface area contributed by atoms with Crippen LogP contribution in [0.25, 0.3) is 45.2 Å². The van der Waals surface area contributed by atoms with Crippen molar-refractivity contribution in [1.82, 2.24) is 29.3 Å². The Hall–Kier alpha value is -4.67. The molecule has 0 aliphatic rings. The summed E-state index contributed by atoms with van der Waals surface area (Å²) in [5.74, 6) is 0.961. The summed E-state index contributed by atoms with van der Waals surface area (Å²) in [5, 5.41) is 5.33. The van der Waals surface area contributed by atoms with Crippen LogP contribution >= 0.6 is 11.6 Å². The Kier molecular flexibility index (Phi) is 6.05. The van der Waals surface area contributed by atoms with Crippen LogP contribution in [-0.2, 0) is 9.84 Å². The molecule has 3 heterocycles. The van der Waals surface area contributed by atoms with Crippen LogP contribution in [0.1, 0.15) is 0 Å². The number of aromatic nitrogens is 6. The molecule has 0 radical (unpaired) electrons. The normalized spacial score (nSPS) is 11.6. The highest BCUT2D eigenvalue weighted by molar-refractivity contribution is 7.90. The van der Waals surface area contributed by atoms with Gasteiger partial charge in [-0.25, -0.2) is 28.1 Å². The van der Waals surface area contributed by atoms with E-state index in [9.17, 15) is 13.2 Å². The third kappa shape index (κ3) is 4.71. The first-order valence-electron chi connectivity index (χ1n) is 11.7. The van der Waals surface area contributed by atoms with E-state index in [-0.39, 0.29) is 21.5 Å². The van der Waals surface area contributed by atoms with Gasteiger partial charge in [0.1, 0.15) is 11.2 Å². The first kappa shape index (κ1) is 24.7. The van der Waals surface area contributed by atoms with E-state index >= 15 is 0 Å². The van der Waals surface area contributed by atoms with Gasteiger partial charge in [-0.05, 0) is 48.5 Å². The van der Waals surface area contributed by atoms with E-state index in [1.165, 1.54) is 21.4 Å². The van der Waals surface area contributed by atoms with Crippen molar-refractivity contribution < 1.29 is 8.42 Å². The fourth-order valence-corrected chi connectivity index (χ4v) is 4.98. The zero-order chi connectivity index (χ0) is 27.1. The quantitative estimate of drug-likeness (QED) is 0.302. The Morgan fingerprint density at radius 1 is 0.821 bits per heavy atom. The maximum atomic E-state index is 13.9. The molecule has 192 valence electrons. The molecular formula is C28H19ClN6O3S. The summed E-state index contributed by atoms with van der Waals surface area (Å²) in [7, 11) is -3.43. The van der Waals surface area contributed by atoms with Gasteiger partial charge in [0.15, 0.2) is 21.3 Å². The van der Waals surface area contributed by atoms with E-state index in [4.69, 9.17) is 16.6 Å². The number of benzene rings is 3. The van der Waals surface area contributed by atoms with Crippen molar-refractivity contribution in [1.29, 1.82) is 0 Å². The molecule has 0 saturated carbocycles. The molecule has 0 saturated heterocycles. The van der Waals surface area contributed by atoms with E-state index in [1.54, 1.807) is 61.1 Å². The van der Waals surface area contributed by atoms with Crippen LogP contribution in [0.3, 0.4) is 0 Å². The summed E-state index contributed by atoms with van der Waals surface area (Å²) >= 11 is 6.11. The van der Waals surface area contributed by atoms with Crippen molar-refractivity contribution in [3.8, 4) is 34.2 Å². The fourth-order valence-electron chi connectivity index (χ4n) is 4.19. The average molecular weight is 555 g/mol. The molecule has 0 aliphatic carbocycles.